The molecule has 3 heterocycles. The van der Waals surface area contributed by atoms with Crippen molar-refractivity contribution in [3.8, 4) is 0 Å². The van der Waals surface area contributed by atoms with Gasteiger partial charge in [-0.3, -0.25) is 14.4 Å². The molecule has 0 aliphatic carbocycles. The molecule has 3 aliphatic heterocycles. The van der Waals surface area contributed by atoms with Gasteiger partial charge in [0.05, 0.1) is 29.2 Å². The first-order valence-electron chi connectivity index (χ1n) is 11.5. The van der Waals surface area contributed by atoms with Crippen molar-refractivity contribution < 1.29 is 19.5 Å². The number of thioether (sulfide) groups is 1. The number of carbonyl (C=O) groups excluding carboxylic acids is 3. The number of hydrogen-bond donors (Lipinski definition) is 3. The quantitative estimate of drug-likeness (QED) is 0.627. The van der Waals surface area contributed by atoms with Crippen LogP contribution in [0.4, 0.5) is 5.69 Å². The number of rotatable bonds is 5. The van der Waals surface area contributed by atoms with Crippen molar-refractivity contribution in [1.82, 2.24) is 10.2 Å². The van der Waals surface area contributed by atoms with E-state index in [1.54, 1.807) is 30.6 Å². The van der Waals surface area contributed by atoms with Gasteiger partial charge in [0.25, 0.3) is 0 Å². The zero-order valence-electron chi connectivity index (χ0n) is 18.9. The van der Waals surface area contributed by atoms with Crippen LogP contribution in [0.25, 0.3) is 10.8 Å². The third-order valence-electron chi connectivity index (χ3n) is 7.74. The van der Waals surface area contributed by atoms with Crippen LogP contribution >= 0.6 is 11.8 Å². The lowest BCUT2D eigenvalue weighted by molar-refractivity contribution is -0.141. The minimum Gasteiger partial charge on any atom is -0.394 e. The Balaban J connectivity index is 1.55. The highest BCUT2D eigenvalue weighted by molar-refractivity contribution is 8.02. The summed E-state index contributed by atoms with van der Waals surface area (Å²) in [6.07, 6.45) is 0.785. The number of amides is 3. The first-order chi connectivity index (χ1) is 15.8. The normalized spacial score (nSPS) is 33.3. The van der Waals surface area contributed by atoms with Gasteiger partial charge in [-0.2, -0.15) is 0 Å². The number of carbonyl (C=O) groups is 3. The van der Waals surface area contributed by atoms with E-state index in [1.165, 1.54) is 0 Å². The summed E-state index contributed by atoms with van der Waals surface area (Å²) in [6, 6.07) is 12.4. The zero-order valence-corrected chi connectivity index (χ0v) is 19.8. The minimum atomic E-state index is -0.761. The fraction of sp³-hybridized carbons (Fsp3) is 0.480. The lowest BCUT2D eigenvalue weighted by Gasteiger charge is -2.39. The minimum absolute atomic E-state index is 0.0106. The average Bonchev–Trinajstić information content (AvgIpc) is 3.41. The van der Waals surface area contributed by atoms with E-state index >= 15 is 0 Å². The second-order valence-electron chi connectivity index (χ2n) is 9.50. The number of nitrogens with zero attached hydrogens (tertiary/aromatic N) is 1. The number of aliphatic hydroxyl groups is 1. The molecule has 33 heavy (non-hydrogen) atoms. The number of aliphatic hydroxyl groups excluding tert-OH is 1. The Morgan fingerprint density at radius 3 is 2.64 bits per heavy atom. The fourth-order valence-electron chi connectivity index (χ4n) is 6.27. The molecule has 3 fully saturated rings. The maximum atomic E-state index is 13.8. The van der Waals surface area contributed by atoms with E-state index in [0.29, 0.717) is 5.69 Å². The van der Waals surface area contributed by atoms with Gasteiger partial charge in [0, 0.05) is 18.0 Å². The largest absolute Gasteiger partial charge is 0.394 e. The topological polar surface area (TPSA) is 98.7 Å². The Morgan fingerprint density at radius 1 is 1.21 bits per heavy atom. The Labute approximate surface area is 197 Å². The molecular formula is C25H29N3O4S. The summed E-state index contributed by atoms with van der Waals surface area (Å²) < 4.78 is -0.691. The van der Waals surface area contributed by atoms with Crippen molar-refractivity contribution in [2.45, 2.75) is 42.3 Å². The molecule has 3 aliphatic rings. The highest BCUT2D eigenvalue weighted by Gasteiger charge is 2.76. The SMILES string of the molecule is CNC(=O)[C@@H]1[C@H]2C(=O)N([C@H](C)CO)C(C(=O)Nc3ccc4ccccc4c3)C23S[C@@H]1CC3C. The van der Waals surface area contributed by atoms with E-state index < -0.39 is 28.7 Å². The molecule has 1 spiro atoms. The summed E-state index contributed by atoms with van der Waals surface area (Å²) in [4.78, 5) is 41.9. The molecule has 0 aromatic heterocycles. The molecule has 7 atom stereocenters. The third kappa shape index (κ3) is 3.10. The zero-order chi connectivity index (χ0) is 23.5. The summed E-state index contributed by atoms with van der Waals surface area (Å²) in [6.45, 7) is 3.58. The van der Waals surface area contributed by atoms with Crippen molar-refractivity contribution in [3.05, 3.63) is 42.5 Å². The smallest absolute Gasteiger partial charge is 0.248 e. The van der Waals surface area contributed by atoms with Gasteiger partial charge >= 0.3 is 0 Å². The molecular weight excluding hydrogens is 438 g/mol. The Hall–Kier alpha value is -2.58. The van der Waals surface area contributed by atoms with E-state index in [2.05, 4.69) is 17.6 Å². The second-order valence-corrected chi connectivity index (χ2v) is 11.0. The number of nitrogens with one attached hydrogen (secondary N) is 2. The number of hydrogen-bond acceptors (Lipinski definition) is 5. The Morgan fingerprint density at radius 2 is 1.94 bits per heavy atom. The van der Waals surface area contributed by atoms with E-state index in [9.17, 15) is 19.5 Å². The summed E-state index contributed by atoms with van der Waals surface area (Å²) >= 11 is 1.63. The van der Waals surface area contributed by atoms with Crippen LogP contribution in [0.15, 0.2) is 42.5 Å². The summed E-state index contributed by atoms with van der Waals surface area (Å²) in [7, 11) is 1.59. The Kier molecular flexibility index (Phi) is 5.40. The summed E-state index contributed by atoms with van der Waals surface area (Å²) in [5.41, 5.74) is 0.663. The molecule has 8 heteroatoms. The van der Waals surface area contributed by atoms with E-state index in [0.717, 1.165) is 17.2 Å². The van der Waals surface area contributed by atoms with Crippen LogP contribution in [0.5, 0.6) is 0 Å². The molecule has 0 radical (unpaired) electrons. The van der Waals surface area contributed by atoms with Gasteiger partial charge in [0.1, 0.15) is 6.04 Å². The number of benzene rings is 2. The molecule has 3 unspecified atom stereocenters. The number of fused-ring (bicyclic) bond motifs is 2. The third-order valence-corrected chi connectivity index (χ3v) is 9.81. The molecule has 3 N–H and O–H groups in total. The average molecular weight is 468 g/mol. The van der Waals surface area contributed by atoms with Crippen LogP contribution < -0.4 is 10.6 Å². The van der Waals surface area contributed by atoms with E-state index in [1.807, 2.05) is 42.5 Å². The lowest BCUT2D eigenvalue weighted by Crippen LogP contribution is -2.56. The molecule has 3 saturated heterocycles. The molecule has 7 nitrogen and oxygen atoms in total. The van der Waals surface area contributed by atoms with Crippen molar-refractivity contribution in [2.24, 2.45) is 17.8 Å². The van der Waals surface area contributed by atoms with Gasteiger partial charge in [-0.05, 0) is 42.2 Å². The van der Waals surface area contributed by atoms with Crippen LogP contribution in [-0.2, 0) is 14.4 Å². The molecule has 0 saturated carbocycles. The maximum Gasteiger partial charge on any atom is 0.248 e. The lowest BCUT2D eigenvalue weighted by atomic mass is 9.66. The molecule has 5 rings (SSSR count). The van der Waals surface area contributed by atoms with Crippen molar-refractivity contribution >= 4 is 45.9 Å². The van der Waals surface area contributed by atoms with Crippen LogP contribution in [0.2, 0.25) is 0 Å². The van der Waals surface area contributed by atoms with E-state index in [-0.39, 0.29) is 35.5 Å². The highest BCUT2D eigenvalue weighted by Crippen LogP contribution is 2.68. The van der Waals surface area contributed by atoms with Gasteiger partial charge in [-0.25, -0.2) is 0 Å². The molecule has 174 valence electrons. The van der Waals surface area contributed by atoms with Gasteiger partial charge in [-0.15, -0.1) is 11.8 Å². The summed E-state index contributed by atoms with van der Waals surface area (Å²) in [5.74, 6) is -1.56. The first-order valence-corrected chi connectivity index (χ1v) is 12.3. The van der Waals surface area contributed by atoms with Gasteiger partial charge in [-0.1, -0.05) is 37.3 Å². The molecule has 3 amide bonds. The van der Waals surface area contributed by atoms with Crippen LogP contribution in [0, 0.1) is 17.8 Å². The summed E-state index contributed by atoms with van der Waals surface area (Å²) in [5, 5.41) is 17.8. The standard InChI is InChI=1S/C25H29N3O4S/c1-13-10-18-19(22(30)26-3)20-24(32)28(14(2)12-29)21(25(13,20)33-18)23(31)27-17-9-8-15-6-4-5-7-16(15)11-17/h4-9,11,13-14,18-21,29H,10,12H2,1-3H3,(H,26,30)(H,27,31)/t13?,14-,18-,19+,20+,21?,25?/m1/s1. The van der Waals surface area contributed by atoms with Crippen molar-refractivity contribution in [2.75, 3.05) is 19.0 Å². The van der Waals surface area contributed by atoms with Crippen LogP contribution in [0.1, 0.15) is 20.3 Å². The monoisotopic (exact) mass is 467 g/mol. The second kappa shape index (κ2) is 8.02. The molecule has 2 aromatic carbocycles. The first kappa shape index (κ1) is 22.2. The Bertz CT molecular complexity index is 1140. The van der Waals surface area contributed by atoms with Crippen LogP contribution in [0.3, 0.4) is 0 Å². The van der Waals surface area contributed by atoms with Crippen LogP contribution in [-0.4, -0.2) is 63.5 Å². The van der Waals surface area contributed by atoms with Crippen molar-refractivity contribution in [1.29, 1.82) is 0 Å². The van der Waals surface area contributed by atoms with Gasteiger partial charge in [0.2, 0.25) is 17.7 Å². The van der Waals surface area contributed by atoms with E-state index in [4.69, 9.17) is 0 Å². The van der Waals surface area contributed by atoms with Crippen molar-refractivity contribution in [3.63, 3.8) is 0 Å². The predicted octanol–water partition coefficient (Wildman–Crippen LogP) is 2.24. The molecule has 2 aromatic rings. The molecule has 2 bridgehead atoms. The van der Waals surface area contributed by atoms with Gasteiger partial charge in [0.15, 0.2) is 0 Å². The highest BCUT2D eigenvalue weighted by atomic mass is 32.2. The predicted molar refractivity (Wildman–Crippen MR) is 129 cm³/mol. The number of anilines is 1. The number of likely N-dealkylation sites (tertiary alicyclic amines) is 1. The fourth-order valence-corrected chi connectivity index (χ4v) is 8.67. The van der Waals surface area contributed by atoms with Gasteiger partial charge < -0.3 is 20.6 Å². The maximum absolute atomic E-state index is 13.8.